The summed E-state index contributed by atoms with van der Waals surface area (Å²) in [7, 11) is 0. The van der Waals surface area contributed by atoms with Gasteiger partial charge in [-0.15, -0.1) is 0 Å². The highest BCUT2D eigenvalue weighted by Gasteiger charge is 1.99. The van der Waals surface area contributed by atoms with Crippen LogP contribution in [0.25, 0.3) is 0 Å². The van der Waals surface area contributed by atoms with E-state index in [1.165, 1.54) is 24.8 Å². The molecule has 15 heavy (non-hydrogen) atoms. The second-order valence-corrected chi connectivity index (χ2v) is 4.73. The van der Waals surface area contributed by atoms with Crippen LogP contribution in [-0.2, 0) is 0 Å². The molecule has 0 saturated heterocycles. The van der Waals surface area contributed by atoms with E-state index >= 15 is 0 Å². The minimum atomic E-state index is 0.831. The average molecular weight is 271 g/mol. The van der Waals surface area contributed by atoms with Crippen molar-refractivity contribution in [2.45, 2.75) is 39.5 Å². The van der Waals surface area contributed by atoms with E-state index in [9.17, 15) is 0 Å². The molecule has 1 rings (SSSR count). The summed E-state index contributed by atoms with van der Waals surface area (Å²) in [4.78, 5) is 0. The Labute approximate surface area is 101 Å². The molecule has 2 heteroatoms. The minimum Gasteiger partial charge on any atom is -0.493 e. The van der Waals surface area contributed by atoms with Crippen molar-refractivity contribution in [3.63, 3.8) is 0 Å². The van der Waals surface area contributed by atoms with Crippen LogP contribution < -0.4 is 4.74 Å². The highest BCUT2D eigenvalue weighted by Crippen LogP contribution is 2.23. The van der Waals surface area contributed by atoms with Crippen molar-refractivity contribution in [2.75, 3.05) is 6.61 Å². The molecule has 0 unspecified atom stereocenters. The number of hydrogen-bond acceptors (Lipinski definition) is 1. The van der Waals surface area contributed by atoms with E-state index < -0.39 is 0 Å². The van der Waals surface area contributed by atoms with Crippen molar-refractivity contribution < 1.29 is 4.74 Å². The minimum absolute atomic E-state index is 0.831. The predicted octanol–water partition coefficient (Wildman–Crippen LogP) is 4.72. The number of benzene rings is 1. The fourth-order valence-corrected chi connectivity index (χ4v) is 1.78. The van der Waals surface area contributed by atoms with Gasteiger partial charge >= 0.3 is 0 Å². The molecule has 1 aromatic rings. The summed E-state index contributed by atoms with van der Waals surface area (Å²) in [6.45, 7) is 5.13. The van der Waals surface area contributed by atoms with E-state index in [0.29, 0.717) is 0 Å². The maximum atomic E-state index is 5.73. The van der Waals surface area contributed by atoms with Crippen molar-refractivity contribution in [1.29, 1.82) is 0 Å². The first-order valence-electron chi connectivity index (χ1n) is 5.63. The Balaban J connectivity index is 2.33. The van der Waals surface area contributed by atoms with Crippen LogP contribution in [0.2, 0.25) is 0 Å². The zero-order valence-electron chi connectivity index (χ0n) is 9.55. The van der Waals surface area contributed by atoms with Gasteiger partial charge in [0.05, 0.1) is 6.61 Å². The first-order chi connectivity index (χ1) is 7.24. The number of unbranched alkanes of at least 4 members (excludes halogenated alkanes) is 3. The molecule has 0 aliphatic carbocycles. The van der Waals surface area contributed by atoms with Crippen LogP contribution in [-0.4, -0.2) is 6.61 Å². The normalized spacial score (nSPS) is 10.3. The zero-order valence-corrected chi connectivity index (χ0v) is 11.1. The maximum Gasteiger partial charge on any atom is 0.123 e. The lowest BCUT2D eigenvalue weighted by atomic mass is 10.2. The monoisotopic (exact) mass is 270 g/mol. The van der Waals surface area contributed by atoms with E-state index in [-0.39, 0.29) is 0 Å². The first kappa shape index (κ1) is 12.6. The molecule has 0 bridgehead atoms. The van der Waals surface area contributed by atoms with Crippen LogP contribution in [0.4, 0.5) is 0 Å². The van der Waals surface area contributed by atoms with Gasteiger partial charge in [-0.05, 0) is 31.0 Å². The molecule has 0 atom stereocenters. The Morgan fingerprint density at radius 3 is 2.73 bits per heavy atom. The molecule has 1 aromatic carbocycles. The summed E-state index contributed by atoms with van der Waals surface area (Å²) in [6, 6.07) is 6.15. The molecule has 0 aromatic heterocycles. The van der Waals surface area contributed by atoms with Gasteiger partial charge in [-0.3, -0.25) is 0 Å². The van der Waals surface area contributed by atoms with Gasteiger partial charge in [-0.1, -0.05) is 48.2 Å². The van der Waals surface area contributed by atoms with Crippen molar-refractivity contribution in [3.05, 3.63) is 28.2 Å². The van der Waals surface area contributed by atoms with E-state index in [0.717, 1.165) is 23.2 Å². The predicted molar refractivity (Wildman–Crippen MR) is 68.5 cm³/mol. The summed E-state index contributed by atoms with van der Waals surface area (Å²) < 4.78 is 6.81. The number of aryl methyl sites for hydroxylation is 1. The summed E-state index contributed by atoms with van der Waals surface area (Å²) in [5, 5.41) is 0. The molecule has 0 saturated carbocycles. The Morgan fingerprint density at radius 2 is 2.00 bits per heavy atom. The Hall–Kier alpha value is -0.500. The highest BCUT2D eigenvalue weighted by atomic mass is 79.9. The molecule has 0 heterocycles. The third-order valence-electron chi connectivity index (χ3n) is 2.41. The van der Waals surface area contributed by atoms with Crippen molar-refractivity contribution >= 4 is 15.9 Å². The third-order valence-corrected chi connectivity index (χ3v) is 2.90. The SMILES string of the molecule is CCCCCCOc1cc(Br)ccc1C. The zero-order chi connectivity index (χ0) is 11.1. The second-order valence-electron chi connectivity index (χ2n) is 3.82. The van der Waals surface area contributed by atoms with E-state index in [1.54, 1.807) is 0 Å². The first-order valence-corrected chi connectivity index (χ1v) is 6.42. The quantitative estimate of drug-likeness (QED) is 0.680. The van der Waals surface area contributed by atoms with Gasteiger partial charge in [0.15, 0.2) is 0 Å². The molecule has 0 aliphatic heterocycles. The lowest BCUT2D eigenvalue weighted by molar-refractivity contribution is 0.303. The van der Waals surface area contributed by atoms with E-state index in [4.69, 9.17) is 4.74 Å². The third kappa shape index (κ3) is 4.70. The van der Waals surface area contributed by atoms with E-state index in [2.05, 4.69) is 35.8 Å². The molecular formula is C13H19BrO. The van der Waals surface area contributed by atoms with Gasteiger partial charge in [-0.2, -0.15) is 0 Å². The standard InChI is InChI=1S/C13H19BrO/c1-3-4-5-6-9-15-13-10-12(14)8-7-11(13)2/h7-8,10H,3-6,9H2,1-2H3. The number of hydrogen-bond donors (Lipinski definition) is 0. The van der Waals surface area contributed by atoms with Crippen molar-refractivity contribution in [3.8, 4) is 5.75 Å². The fourth-order valence-electron chi connectivity index (χ4n) is 1.44. The number of rotatable bonds is 6. The topological polar surface area (TPSA) is 9.23 Å². The summed E-state index contributed by atoms with van der Waals surface area (Å²) in [6.07, 6.45) is 5.00. The van der Waals surface area contributed by atoms with Gasteiger partial charge in [0, 0.05) is 4.47 Å². The van der Waals surface area contributed by atoms with Crippen LogP contribution in [0.15, 0.2) is 22.7 Å². The number of ether oxygens (including phenoxy) is 1. The molecule has 84 valence electrons. The second kappa shape index (κ2) is 6.89. The molecular weight excluding hydrogens is 252 g/mol. The Morgan fingerprint density at radius 1 is 1.20 bits per heavy atom. The molecule has 0 radical (unpaired) electrons. The Bertz CT molecular complexity index is 297. The van der Waals surface area contributed by atoms with Crippen LogP contribution in [0, 0.1) is 6.92 Å². The average Bonchev–Trinajstić information content (AvgIpc) is 2.23. The molecule has 0 aliphatic rings. The highest BCUT2D eigenvalue weighted by molar-refractivity contribution is 9.10. The fraction of sp³-hybridized carbons (Fsp3) is 0.538. The van der Waals surface area contributed by atoms with Crippen molar-refractivity contribution in [2.24, 2.45) is 0 Å². The largest absolute Gasteiger partial charge is 0.493 e. The summed E-state index contributed by atoms with van der Waals surface area (Å²) in [5.74, 6) is 1.00. The van der Waals surface area contributed by atoms with Crippen LogP contribution >= 0.6 is 15.9 Å². The van der Waals surface area contributed by atoms with Gasteiger partial charge in [-0.25, -0.2) is 0 Å². The van der Waals surface area contributed by atoms with Crippen LogP contribution in [0.5, 0.6) is 5.75 Å². The maximum absolute atomic E-state index is 5.73. The lowest BCUT2D eigenvalue weighted by Crippen LogP contribution is -1.98. The summed E-state index contributed by atoms with van der Waals surface area (Å²) in [5.41, 5.74) is 1.20. The van der Waals surface area contributed by atoms with Crippen molar-refractivity contribution in [1.82, 2.24) is 0 Å². The molecule has 0 N–H and O–H groups in total. The molecule has 0 fully saturated rings. The van der Waals surface area contributed by atoms with Crippen LogP contribution in [0.1, 0.15) is 38.2 Å². The smallest absolute Gasteiger partial charge is 0.123 e. The number of halogens is 1. The molecule has 0 amide bonds. The molecule has 0 spiro atoms. The summed E-state index contributed by atoms with van der Waals surface area (Å²) >= 11 is 3.45. The van der Waals surface area contributed by atoms with E-state index in [1.807, 2.05) is 12.1 Å². The van der Waals surface area contributed by atoms with Gasteiger partial charge in [0.2, 0.25) is 0 Å². The lowest BCUT2D eigenvalue weighted by Gasteiger charge is -2.09. The molecule has 1 nitrogen and oxygen atoms in total. The van der Waals surface area contributed by atoms with Gasteiger partial charge in [0.1, 0.15) is 5.75 Å². The van der Waals surface area contributed by atoms with Gasteiger partial charge in [0.25, 0.3) is 0 Å². The van der Waals surface area contributed by atoms with Crippen LogP contribution in [0.3, 0.4) is 0 Å². The van der Waals surface area contributed by atoms with Gasteiger partial charge < -0.3 is 4.74 Å². The Kier molecular flexibility index (Phi) is 5.77.